The van der Waals surface area contributed by atoms with Crippen molar-refractivity contribution >= 4 is 28.7 Å². The Balaban J connectivity index is 1.47. The van der Waals surface area contributed by atoms with Gasteiger partial charge < -0.3 is 9.32 Å². The van der Waals surface area contributed by atoms with E-state index in [1.54, 1.807) is 29.7 Å². The van der Waals surface area contributed by atoms with Crippen LogP contribution in [0.1, 0.15) is 108 Å². The maximum Gasteiger partial charge on any atom is 0.290 e. The lowest BCUT2D eigenvalue weighted by Crippen LogP contribution is -2.64. The summed E-state index contributed by atoms with van der Waals surface area (Å²) in [4.78, 5) is 35.5. The van der Waals surface area contributed by atoms with Crippen LogP contribution in [0.4, 0.5) is 5.82 Å². The third kappa shape index (κ3) is 4.63. The molecule has 0 aromatic carbocycles. The average Bonchev–Trinajstić information content (AvgIpc) is 3.45. The number of hydrogen-bond acceptors (Lipinski definition) is 5. The zero-order chi connectivity index (χ0) is 27.6. The Kier molecular flexibility index (Phi) is 6.23. The highest BCUT2D eigenvalue weighted by Gasteiger charge is 2.46. The highest BCUT2D eigenvalue weighted by atomic mass is 16.3. The van der Waals surface area contributed by atoms with E-state index in [1.165, 1.54) is 12.8 Å². The van der Waals surface area contributed by atoms with E-state index in [1.807, 2.05) is 13.0 Å². The Hall–Kier alpha value is -3.16. The number of anilines is 1. The molecule has 3 aromatic heterocycles. The molecular formula is C30H41N5O3. The van der Waals surface area contributed by atoms with Crippen molar-refractivity contribution in [2.45, 2.75) is 97.9 Å². The number of furan rings is 1. The highest BCUT2D eigenvalue weighted by Crippen LogP contribution is 2.43. The van der Waals surface area contributed by atoms with Gasteiger partial charge >= 0.3 is 0 Å². The molecule has 0 radical (unpaired) electrons. The van der Waals surface area contributed by atoms with Crippen LogP contribution in [0.3, 0.4) is 0 Å². The van der Waals surface area contributed by atoms with E-state index in [-0.39, 0.29) is 23.0 Å². The summed E-state index contributed by atoms with van der Waals surface area (Å²) < 4.78 is 6.26. The van der Waals surface area contributed by atoms with Crippen molar-refractivity contribution in [2.75, 3.05) is 18.0 Å². The number of H-pyrrole nitrogens is 1. The standard InChI is InChI=1S/C30H41N5O3/c1-18-15-24(33-32-18)34-13-14-35(30(7,8)27(34)37)26(36)23-17-22-25(38-23)20(28(2,3)4)16-21(31-22)19-9-11-29(5,6)12-10-19/h15-17,19H,9-14H2,1-8H3,(H,32,33). The van der Waals surface area contributed by atoms with Gasteiger partial charge in [0, 0.05) is 48.1 Å². The molecule has 2 aliphatic rings. The van der Waals surface area contributed by atoms with Crippen molar-refractivity contribution in [3.8, 4) is 0 Å². The van der Waals surface area contributed by atoms with E-state index in [4.69, 9.17) is 9.40 Å². The summed E-state index contributed by atoms with van der Waals surface area (Å²) in [5.74, 6) is 0.757. The molecule has 8 nitrogen and oxygen atoms in total. The largest absolute Gasteiger partial charge is 0.449 e. The molecule has 5 rings (SSSR count). The van der Waals surface area contributed by atoms with Crippen molar-refractivity contribution in [1.29, 1.82) is 0 Å². The Labute approximate surface area is 225 Å². The topological polar surface area (TPSA) is 95.3 Å². The van der Waals surface area contributed by atoms with E-state index in [2.05, 4.69) is 50.9 Å². The number of nitrogens with one attached hydrogen (secondary N) is 1. The van der Waals surface area contributed by atoms with Gasteiger partial charge in [-0.2, -0.15) is 5.10 Å². The van der Waals surface area contributed by atoms with Crippen LogP contribution in [0.2, 0.25) is 0 Å². The van der Waals surface area contributed by atoms with E-state index in [0.29, 0.717) is 35.8 Å². The molecule has 1 N–H and O–H groups in total. The number of aryl methyl sites for hydroxylation is 1. The number of pyridine rings is 1. The predicted octanol–water partition coefficient (Wildman–Crippen LogP) is 6.11. The van der Waals surface area contributed by atoms with Crippen LogP contribution < -0.4 is 4.90 Å². The van der Waals surface area contributed by atoms with E-state index in [0.717, 1.165) is 35.3 Å². The summed E-state index contributed by atoms with van der Waals surface area (Å²) in [6.45, 7) is 17.4. The van der Waals surface area contributed by atoms with E-state index >= 15 is 0 Å². The van der Waals surface area contributed by atoms with Gasteiger partial charge in [0.2, 0.25) is 0 Å². The number of carbonyl (C=O) groups is 2. The quantitative estimate of drug-likeness (QED) is 0.451. The summed E-state index contributed by atoms with van der Waals surface area (Å²) in [5.41, 5.74) is 3.57. The first kappa shape index (κ1) is 26.4. The van der Waals surface area contributed by atoms with E-state index in [9.17, 15) is 9.59 Å². The third-order valence-electron chi connectivity index (χ3n) is 8.48. The zero-order valence-electron chi connectivity index (χ0n) is 24.1. The zero-order valence-corrected chi connectivity index (χ0v) is 24.1. The van der Waals surface area contributed by atoms with Crippen LogP contribution in [0, 0.1) is 12.3 Å². The Morgan fingerprint density at radius 3 is 2.37 bits per heavy atom. The molecule has 204 valence electrons. The predicted molar refractivity (Wildman–Crippen MR) is 148 cm³/mol. The van der Waals surface area contributed by atoms with Crippen molar-refractivity contribution < 1.29 is 14.0 Å². The number of piperazine rings is 1. The number of amides is 2. The molecule has 2 fully saturated rings. The smallest absolute Gasteiger partial charge is 0.290 e. The van der Waals surface area contributed by atoms with Crippen LogP contribution in [0.5, 0.6) is 0 Å². The van der Waals surface area contributed by atoms with Crippen molar-refractivity contribution in [1.82, 2.24) is 20.1 Å². The number of aromatic nitrogens is 3. The SMILES string of the molecule is Cc1cc(N2CCN(C(=O)c3cc4nc(C5CCC(C)(C)CC5)cc(C(C)(C)C)c4o3)C(C)(C)C2=O)n[nH]1. The van der Waals surface area contributed by atoms with Gasteiger partial charge in [-0.15, -0.1) is 0 Å². The van der Waals surface area contributed by atoms with Gasteiger partial charge in [0.05, 0.1) is 0 Å². The lowest BCUT2D eigenvalue weighted by atomic mass is 9.72. The third-order valence-corrected chi connectivity index (χ3v) is 8.48. The van der Waals surface area contributed by atoms with Crippen LogP contribution in [-0.4, -0.2) is 50.5 Å². The fourth-order valence-corrected chi connectivity index (χ4v) is 5.88. The summed E-state index contributed by atoms with van der Waals surface area (Å²) in [6.07, 6.45) is 4.61. The summed E-state index contributed by atoms with van der Waals surface area (Å²) in [6, 6.07) is 5.81. The second kappa shape index (κ2) is 8.95. The molecule has 1 aliphatic carbocycles. The lowest BCUT2D eigenvalue weighted by Gasteiger charge is -2.44. The molecule has 4 heterocycles. The number of fused-ring (bicyclic) bond motifs is 1. The number of hydrogen-bond donors (Lipinski definition) is 1. The first-order valence-corrected chi connectivity index (χ1v) is 13.8. The Morgan fingerprint density at radius 1 is 1.08 bits per heavy atom. The average molecular weight is 520 g/mol. The number of rotatable bonds is 3. The van der Waals surface area contributed by atoms with Gasteiger partial charge in [-0.25, -0.2) is 4.98 Å². The van der Waals surface area contributed by atoms with Crippen LogP contribution in [0.25, 0.3) is 11.1 Å². The fourth-order valence-electron chi connectivity index (χ4n) is 5.88. The molecule has 8 heteroatoms. The maximum absolute atomic E-state index is 13.8. The molecule has 3 aromatic rings. The number of aromatic amines is 1. The maximum atomic E-state index is 13.8. The molecule has 1 saturated carbocycles. The first-order valence-electron chi connectivity index (χ1n) is 13.8. The van der Waals surface area contributed by atoms with Gasteiger partial charge in [0.1, 0.15) is 11.1 Å². The molecule has 1 aliphatic heterocycles. The lowest BCUT2D eigenvalue weighted by molar-refractivity contribution is -0.129. The summed E-state index contributed by atoms with van der Waals surface area (Å²) in [7, 11) is 0. The Bertz CT molecular complexity index is 1380. The van der Waals surface area contributed by atoms with E-state index < -0.39 is 5.54 Å². The van der Waals surface area contributed by atoms with Gasteiger partial charge in [0.25, 0.3) is 11.8 Å². The second-order valence-corrected chi connectivity index (χ2v) is 13.5. The molecule has 0 atom stereocenters. The van der Waals surface area contributed by atoms with Crippen molar-refractivity contribution in [3.05, 3.63) is 40.9 Å². The minimum atomic E-state index is -1.05. The van der Waals surface area contributed by atoms with Crippen LogP contribution >= 0.6 is 0 Å². The van der Waals surface area contributed by atoms with Crippen LogP contribution in [0.15, 0.2) is 22.6 Å². The van der Waals surface area contributed by atoms with Gasteiger partial charge in [-0.05, 0) is 63.4 Å². The minimum absolute atomic E-state index is 0.171. The molecule has 38 heavy (non-hydrogen) atoms. The molecule has 0 spiro atoms. The Morgan fingerprint density at radius 2 is 1.76 bits per heavy atom. The normalized spacial score (nSPS) is 20.4. The number of nitrogens with zero attached hydrogens (tertiary/aromatic N) is 4. The van der Waals surface area contributed by atoms with Gasteiger partial charge in [-0.3, -0.25) is 19.6 Å². The summed E-state index contributed by atoms with van der Waals surface area (Å²) >= 11 is 0. The minimum Gasteiger partial charge on any atom is -0.449 e. The summed E-state index contributed by atoms with van der Waals surface area (Å²) in [5, 5.41) is 7.14. The molecule has 1 saturated heterocycles. The molecule has 0 unspecified atom stereocenters. The molecular weight excluding hydrogens is 478 g/mol. The first-order chi connectivity index (χ1) is 17.7. The van der Waals surface area contributed by atoms with Crippen LogP contribution in [-0.2, 0) is 10.2 Å². The molecule has 0 bridgehead atoms. The number of carbonyl (C=O) groups excluding carboxylic acids is 2. The fraction of sp³-hybridized carbons (Fsp3) is 0.600. The second-order valence-electron chi connectivity index (χ2n) is 13.5. The van der Waals surface area contributed by atoms with Crippen molar-refractivity contribution in [2.24, 2.45) is 5.41 Å². The molecule has 2 amide bonds. The monoisotopic (exact) mass is 519 g/mol. The highest BCUT2D eigenvalue weighted by molar-refractivity contribution is 6.05. The van der Waals surface area contributed by atoms with Crippen molar-refractivity contribution in [3.63, 3.8) is 0 Å². The van der Waals surface area contributed by atoms with Gasteiger partial charge in [0.15, 0.2) is 17.2 Å². The van der Waals surface area contributed by atoms with Gasteiger partial charge in [-0.1, -0.05) is 34.6 Å².